The van der Waals surface area contributed by atoms with Gasteiger partial charge in [-0.3, -0.25) is 4.79 Å². The normalized spacial score (nSPS) is 18.7. The highest BCUT2D eigenvalue weighted by molar-refractivity contribution is 7.89. The van der Waals surface area contributed by atoms with Crippen LogP contribution in [0.5, 0.6) is 11.5 Å². The summed E-state index contributed by atoms with van der Waals surface area (Å²) >= 11 is 5.92. The van der Waals surface area contributed by atoms with Crippen LogP contribution >= 0.6 is 11.6 Å². The number of ether oxygens (including phenoxy) is 2. The van der Waals surface area contributed by atoms with Gasteiger partial charge in [0.15, 0.2) is 11.5 Å². The summed E-state index contributed by atoms with van der Waals surface area (Å²) in [5.41, 5.74) is 2.76. The van der Waals surface area contributed by atoms with E-state index in [1.165, 1.54) is 28.6 Å². The van der Waals surface area contributed by atoms with E-state index in [0.717, 1.165) is 11.1 Å². The molecule has 3 heterocycles. The molecule has 2 aromatic rings. The Balaban J connectivity index is 1.22. The number of nitrogens with zero attached hydrogens (tertiary/aromatic N) is 2. The molecular weight excluding hydrogens is 497 g/mol. The molecule has 1 amide bonds. The zero-order valence-electron chi connectivity index (χ0n) is 19.1. The van der Waals surface area contributed by atoms with Gasteiger partial charge in [0.2, 0.25) is 15.9 Å². The van der Waals surface area contributed by atoms with Gasteiger partial charge in [-0.1, -0.05) is 17.7 Å². The first-order chi connectivity index (χ1) is 16.8. The zero-order valence-corrected chi connectivity index (χ0v) is 20.7. The summed E-state index contributed by atoms with van der Waals surface area (Å²) < 4.78 is 52.0. The maximum atomic E-state index is 13.6. The Morgan fingerprint density at radius 1 is 1.06 bits per heavy atom. The van der Waals surface area contributed by atoms with Crippen molar-refractivity contribution in [3.8, 4) is 11.5 Å². The molecular formula is C24H25ClFN3O5S. The molecule has 0 saturated carbocycles. The summed E-state index contributed by atoms with van der Waals surface area (Å²) in [4.78, 5) is 15.0. The molecule has 0 radical (unpaired) electrons. The molecule has 186 valence electrons. The lowest BCUT2D eigenvalue weighted by Gasteiger charge is -2.42. The fourth-order valence-corrected chi connectivity index (χ4v) is 6.04. The van der Waals surface area contributed by atoms with Gasteiger partial charge in [-0.15, -0.1) is 0 Å². The van der Waals surface area contributed by atoms with Crippen LogP contribution in [0.2, 0.25) is 5.02 Å². The number of likely N-dealkylation sites (N-methyl/N-ethyl adjacent to an activating group) is 1. The number of hydrogen-bond donors (Lipinski definition) is 1. The molecule has 35 heavy (non-hydrogen) atoms. The molecule has 0 aromatic heterocycles. The second-order valence-corrected chi connectivity index (χ2v) is 11.1. The van der Waals surface area contributed by atoms with Crippen molar-refractivity contribution in [3.63, 3.8) is 0 Å². The van der Waals surface area contributed by atoms with Crippen molar-refractivity contribution < 1.29 is 27.1 Å². The van der Waals surface area contributed by atoms with E-state index in [-0.39, 0.29) is 15.8 Å². The van der Waals surface area contributed by atoms with Crippen LogP contribution < -0.4 is 14.8 Å². The van der Waals surface area contributed by atoms with Crippen LogP contribution in [0.4, 0.5) is 4.39 Å². The van der Waals surface area contributed by atoms with E-state index in [9.17, 15) is 17.6 Å². The molecule has 2 fully saturated rings. The van der Waals surface area contributed by atoms with Crippen LogP contribution in [0.3, 0.4) is 0 Å². The first-order valence-electron chi connectivity index (χ1n) is 11.3. The maximum Gasteiger partial charge on any atom is 0.243 e. The number of amides is 1. The average Bonchev–Trinajstić information content (AvgIpc) is 2.79. The van der Waals surface area contributed by atoms with Crippen molar-refractivity contribution in [2.45, 2.75) is 10.8 Å². The van der Waals surface area contributed by atoms with E-state index in [2.05, 4.69) is 5.32 Å². The Hall–Kier alpha value is -2.66. The van der Waals surface area contributed by atoms with Crippen LogP contribution in [0.15, 0.2) is 52.4 Å². The number of fused-ring (bicyclic) bond motifs is 1. The van der Waals surface area contributed by atoms with Gasteiger partial charge in [0.25, 0.3) is 0 Å². The molecule has 3 aliphatic heterocycles. The molecule has 0 bridgehead atoms. The van der Waals surface area contributed by atoms with Crippen molar-refractivity contribution in [1.29, 1.82) is 0 Å². The summed E-state index contributed by atoms with van der Waals surface area (Å²) in [5, 5.41) is 2.99. The Bertz CT molecular complexity index is 1300. The van der Waals surface area contributed by atoms with E-state index in [0.29, 0.717) is 63.0 Å². The lowest BCUT2D eigenvalue weighted by atomic mass is 9.92. The third kappa shape index (κ3) is 4.51. The number of halogens is 2. The Kier molecular flexibility index (Phi) is 6.47. The molecule has 1 N–H and O–H groups in total. The summed E-state index contributed by atoms with van der Waals surface area (Å²) in [6.45, 7) is 2.75. The van der Waals surface area contributed by atoms with Crippen molar-refractivity contribution in [3.05, 3.63) is 63.9 Å². The zero-order chi connectivity index (χ0) is 24.7. The molecule has 11 heteroatoms. The quantitative estimate of drug-likeness (QED) is 0.587. The monoisotopic (exact) mass is 521 g/mol. The van der Waals surface area contributed by atoms with Gasteiger partial charge in [0.05, 0.1) is 15.8 Å². The number of benzene rings is 2. The van der Waals surface area contributed by atoms with Gasteiger partial charge in [0.1, 0.15) is 19.0 Å². The Morgan fingerprint density at radius 2 is 1.74 bits per heavy atom. The molecule has 1 atom stereocenters. The van der Waals surface area contributed by atoms with Crippen molar-refractivity contribution in [2.75, 3.05) is 53.0 Å². The van der Waals surface area contributed by atoms with Gasteiger partial charge in [-0.2, -0.15) is 4.31 Å². The SMILES string of the molecule is CNCC(C(=O)N1CC(=C2CN(S(=O)(=O)c3ccc4c(c3)OCCO4)C2)C1)c1ccc(F)c(Cl)c1. The number of hydrogen-bond acceptors (Lipinski definition) is 6. The van der Waals surface area contributed by atoms with E-state index in [1.807, 2.05) is 0 Å². The van der Waals surface area contributed by atoms with Crippen LogP contribution in [0.25, 0.3) is 0 Å². The number of nitrogens with one attached hydrogen (secondary N) is 1. The predicted octanol–water partition coefficient (Wildman–Crippen LogP) is 2.40. The molecule has 1 unspecified atom stereocenters. The van der Waals surface area contributed by atoms with Gasteiger partial charge in [0, 0.05) is 38.8 Å². The second kappa shape index (κ2) is 9.42. The fourth-order valence-electron chi connectivity index (χ4n) is 4.40. The maximum absolute atomic E-state index is 13.6. The minimum atomic E-state index is -3.65. The largest absolute Gasteiger partial charge is 0.486 e. The molecule has 0 aliphatic carbocycles. The second-order valence-electron chi connectivity index (χ2n) is 8.76. The van der Waals surface area contributed by atoms with Crippen LogP contribution in [0.1, 0.15) is 11.5 Å². The predicted molar refractivity (Wildman–Crippen MR) is 128 cm³/mol. The summed E-state index contributed by atoms with van der Waals surface area (Å²) in [6.07, 6.45) is 0. The lowest BCUT2D eigenvalue weighted by Crippen LogP contribution is -2.52. The average molecular weight is 522 g/mol. The minimum Gasteiger partial charge on any atom is -0.486 e. The number of likely N-dealkylation sites (tertiary alicyclic amines) is 1. The van der Waals surface area contributed by atoms with Crippen molar-refractivity contribution >= 4 is 27.5 Å². The van der Waals surface area contributed by atoms with Gasteiger partial charge < -0.3 is 19.7 Å². The third-order valence-electron chi connectivity index (χ3n) is 6.51. The number of carbonyl (C=O) groups is 1. The van der Waals surface area contributed by atoms with E-state index < -0.39 is 21.8 Å². The first kappa shape index (κ1) is 24.1. The van der Waals surface area contributed by atoms with E-state index in [1.54, 1.807) is 24.1 Å². The molecule has 5 rings (SSSR count). The van der Waals surface area contributed by atoms with Gasteiger partial charge in [-0.25, -0.2) is 12.8 Å². The van der Waals surface area contributed by atoms with Gasteiger partial charge >= 0.3 is 0 Å². The Labute approximate surface area is 208 Å². The topological polar surface area (TPSA) is 88.2 Å². The highest BCUT2D eigenvalue weighted by Crippen LogP contribution is 2.36. The molecule has 8 nitrogen and oxygen atoms in total. The standard InChI is InChI=1S/C24H25ClFN3O5S/c1-27-10-19(15-2-4-21(26)20(25)8-15)24(30)28-11-16(12-28)17-13-29(14-17)35(31,32)18-3-5-22-23(9-18)34-7-6-33-22/h2-5,8-9,19,27H,6-7,10-14H2,1H3. The van der Waals surface area contributed by atoms with Crippen molar-refractivity contribution in [2.24, 2.45) is 0 Å². The Morgan fingerprint density at radius 3 is 2.43 bits per heavy atom. The number of carbonyl (C=O) groups excluding carboxylic acids is 1. The van der Waals surface area contributed by atoms with Crippen LogP contribution in [-0.4, -0.2) is 76.5 Å². The van der Waals surface area contributed by atoms with Gasteiger partial charge in [-0.05, 0) is 48.0 Å². The van der Waals surface area contributed by atoms with E-state index in [4.69, 9.17) is 21.1 Å². The molecule has 3 aliphatic rings. The summed E-state index contributed by atoms with van der Waals surface area (Å²) in [7, 11) is -1.90. The third-order valence-corrected chi connectivity index (χ3v) is 8.59. The lowest BCUT2D eigenvalue weighted by molar-refractivity contribution is -0.134. The summed E-state index contributed by atoms with van der Waals surface area (Å²) in [5.74, 6) is -0.115. The fraction of sp³-hybridized carbons (Fsp3) is 0.375. The van der Waals surface area contributed by atoms with Crippen LogP contribution in [0, 0.1) is 5.82 Å². The molecule has 0 spiro atoms. The van der Waals surface area contributed by atoms with Crippen molar-refractivity contribution in [1.82, 2.24) is 14.5 Å². The number of rotatable bonds is 6. The summed E-state index contributed by atoms with van der Waals surface area (Å²) in [6, 6.07) is 8.98. The molecule has 2 saturated heterocycles. The first-order valence-corrected chi connectivity index (χ1v) is 13.1. The molecule has 2 aromatic carbocycles. The number of sulfonamides is 1. The van der Waals surface area contributed by atoms with E-state index >= 15 is 0 Å². The smallest absolute Gasteiger partial charge is 0.243 e. The highest BCUT2D eigenvalue weighted by atomic mass is 35.5. The van der Waals surface area contributed by atoms with Crippen LogP contribution in [-0.2, 0) is 14.8 Å². The minimum absolute atomic E-state index is 0.0170. The highest BCUT2D eigenvalue weighted by Gasteiger charge is 2.39.